The van der Waals surface area contributed by atoms with Gasteiger partial charge in [-0.2, -0.15) is 0 Å². The summed E-state index contributed by atoms with van der Waals surface area (Å²) in [5.41, 5.74) is 6.17. The van der Waals surface area contributed by atoms with E-state index in [-0.39, 0.29) is 23.9 Å². The van der Waals surface area contributed by atoms with Crippen LogP contribution in [0.5, 0.6) is 0 Å². The van der Waals surface area contributed by atoms with Gasteiger partial charge in [-0.1, -0.05) is 0 Å². The molecule has 0 saturated carbocycles. The predicted octanol–water partition coefficient (Wildman–Crippen LogP) is 1.46. The van der Waals surface area contributed by atoms with Crippen molar-refractivity contribution < 1.29 is 18.0 Å². The maximum atomic E-state index is 13.2. The van der Waals surface area contributed by atoms with Gasteiger partial charge in [0.2, 0.25) is 11.8 Å². The number of nitrogens with zero attached hydrogens (tertiary/aromatic N) is 2. The molecular weight excluding hydrogens is 280 g/mol. The maximum Gasteiger partial charge on any atom is 0.236 e. The van der Waals surface area contributed by atoms with Crippen LogP contribution in [0.1, 0.15) is 11.5 Å². The largest absolute Gasteiger partial charge is 0.441 e. The van der Waals surface area contributed by atoms with Crippen LogP contribution in [-0.2, 0) is 17.8 Å². The molecule has 5 nitrogen and oxygen atoms in total. The Hall–Kier alpha value is -2.28. The van der Waals surface area contributed by atoms with Gasteiger partial charge in [0.1, 0.15) is 23.1 Å². The van der Waals surface area contributed by atoms with Crippen molar-refractivity contribution in [3.05, 3.63) is 41.3 Å². The first-order valence-corrected chi connectivity index (χ1v) is 6.49. The summed E-state index contributed by atoms with van der Waals surface area (Å²) in [6.45, 7) is 0.733. The Balaban J connectivity index is 1.91. The maximum absolute atomic E-state index is 13.2. The van der Waals surface area contributed by atoms with E-state index in [1.165, 1.54) is 0 Å². The molecule has 0 unspecified atom stereocenters. The molecule has 1 amide bonds. The van der Waals surface area contributed by atoms with E-state index in [9.17, 15) is 13.6 Å². The first kappa shape index (κ1) is 13.7. The fourth-order valence-electron chi connectivity index (χ4n) is 2.34. The lowest BCUT2D eigenvalue weighted by molar-refractivity contribution is -0.130. The molecule has 1 aliphatic rings. The van der Waals surface area contributed by atoms with Crippen LogP contribution in [0.15, 0.2) is 22.6 Å². The average Bonchev–Trinajstić information content (AvgIpc) is 2.88. The smallest absolute Gasteiger partial charge is 0.236 e. The predicted molar refractivity (Wildman–Crippen MR) is 70.0 cm³/mol. The molecule has 21 heavy (non-hydrogen) atoms. The van der Waals surface area contributed by atoms with Crippen LogP contribution in [0.4, 0.5) is 8.78 Å². The molecule has 2 heterocycles. The number of aromatic nitrogens is 1. The number of rotatable bonds is 2. The van der Waals surface area contributed by atoms with Gasteiger partial charge >= 0.3 is 0 Å². The van der Waals surface area contributed by atoms with Crippen molar-refractivity contribution in [1.29, 1.82) is 0 Å². The Morgan fingerprint density at radius 1 is 1.33 bits per heavy atom. The summed E-state index contributed by atoms with van der Waals surface area (Å²) in [6, 6.07) is 3.10. The Morgan fingerprint density at radius 2 is 2.05 bits per heavy atom. The van der Waals surface area contributed by atoms with Gasteiger partial charge in [0.15, 0.2) is 0 Å². The number of carbonyl (C=O) groups is 1. The molecule has 1 aromatic heterocycles. The zero-order valence-corrected chi connectivity index (χ0v) is 11.1. The minimum Gasteiger partial charge on any atom is -0.441 e. The molecule has 3 rings (SSSR count). The third kappa shape index (κ3) is 2.64. The normalized spacial score (nSPS) is 14.1. The second-order valence-corrected chi connectivity index (χ2v) is 4.82. The minimum absolute atomic E-state index is 0.0604. The van der Waals surface area contributed by atoms with Crippen LogP contribution in [0.3, 0.4) is 0 Å². The lowest BCUT2D eigenvalue weighted by Crippen LogP contribution is -2.39. The number of carbonyl (C=O) groups excluding carboxylic acids is 1. The van der Waals surface area contributed by atoms with Gasteiger partial charge < -0.3 is 15.1 Å². The summed E-state index contributed by atoms with van der Waals surface area (Å²) < 4.78 is 32.0. The van der Waals surface area contributed by atoms with E-state index >= 15 is 0 Å². The van der Waals surface area contributed by atoms with E-state index in [4.69, 9.17) is 10.2 Å². The summed E-state index contributed by atoms with van der Waals surface area (Å²) in [6.07, 6.45) is 0.506. The molecule has 110 valence electrons. The summed E-state index contributed by atoms with van der Waals surface area (Å²) in [5, 5.41) is 0. The van der Waals surface area contributed by atoms with Crippen molar-refractivity contribution in [3.8, 4) is 11.5 Å². The zero-order chi connectivity index (χ0) is 15.0. The van der Waals surface area contributed by atoms with E-state index in [1.54, 1.807) is 4.90 Å². The molecule has 0 fully saturated rings. The van der Waals surface area contributed by atoms with Crippen molar-refractivity contribution in [3.63, 3.8) is 0 Å². The van der Waals surface area contributed by atoms with Crippen LogP contribution in [0, 0.1) is 11.6 Å². The van der Waals surface area contributed by atoms with Crippen LogP contribution in [-0.4, -0.2) is 28.9 Å². The number of hydrogen-bond donors (Lipinski definition) is 1. The molecule has 0 spiro atoms. The molecule has 1 aliphatic heterocycles. The van der Waals surface area contributed by atoms with Gasteiger partial charge in [0.05, 0.1) is 13.1 Å². The molecule has 1 aromatic carbocycles. The van der Waals surface area contributed by atoms with E-state index in [0.717, 1.165) is 18.2 Å². The average molecular weight is 293 g/mol. The number of hydrogen-bond acceptors (Lipinski definition) is 4. The fourth-order valence-corrected chi connectivity index (χ4v) is 2.34. The molecule has 0 saturated heterocycles. The SMILES string of the molecule is NCC(=O)N1CCc2oc(-c3cc(F)cc(F)c3)nc2C1. The molecule has 0 aliphatic carbocycles. The number of amides is 1. The van der Waals surface area contributed by atoms with Gasteiger partial charge in [-0.3, -0.25) is 4.79 Å². The van der Waals surface area contributed by atoms with E-state index in [0.29, 0.717) is 31.0 Å². The highest BCUT2D eigenvalue weighted by molar-refractivity contribution is 5.78. The van der Waals surface area contributed by atoms with Gasteiger partial charge in [0, 0.05) is 24.6 Å². The van der Waals surface area contributed by atoms with Crippen molar-refractivity contribution in [2.45, 2.75) is 13.0 Å². The Morgan fingerprint density at radius 3 is 2.71 bits per heavy atom. The third-order valence-electron chi connectivity index (χ3n) is 3.36. The molecule has 7 heteroatoms. The van der Waals surface area contributed by atoms with E-state index < -0.39 is 11.6 Å². The topological polar surface area (TPSA) is 72.4 Å². The highest BCUT2D eigenvalue weighted by atomic mass is 19.1. The van der Waals surface area contributed by atoms with Crippen molar-refractivity contribution in [2.75, 3.05) is 13.1 Å². The Kier molecular flexibility index (Phi) is 3.42. The third-order valence-corrected chi connectivity index (χ3v) is 3.36. The molecular formula is C14H13F2N3O2. The molecule has 0 radical (unpaired) electrons. The van der Waals surface area contributed by atoms with Crippen LogP contribution in [0.2, 0.25) is 0 Å². The minimum atomic E-state index is -0.693. The summed E-state index contributed by atoms with van der Waals surface area (Å²) >= 11 is 0. The second kappa shape index (κ2) is 5.25. The summed E-state index contributed by atoms with van der Waals surface area (Å²) in [5.74, 6) is -0.764. The Bertz CT molecular complexity index is 679. The number of benzene rings is 1. The molecule has 0 bridgehead atoms. The molecule has 2 aromatic rings. The summed E-state index contributed by atoms with van der Waals surface area (Å²) in [7, 11) is 0. The molecule has 0 atom stereocenters. The van der Waals surface area contributed by atoms with E-state index in [1.807, 2.05) is 0 Å². The quantitative estimate of drug-likeness (QED) is 0.910. The van der Waals surface area contributed by atoms with Crippen LogP contribution >= 0.6 is 0 Å². The Labute approximate surface area is 119 Å². The molecule has 2 N–H and O–H groups in total. The van der Waals surface area contributed by atoms with Gasteiger partial charge in [-0.25, -0.2) is 13.8 Å². The number of oxazole rings is 1. The van der Waals surface area contributed by atoms with Gasteiger partial charge in [-0.15, -0.1) is 0 Å². The van der Waals surface area contributed by atoms with Crippen molar-refractivity contribution >= 4 is 5.91 Å². The first-order valence-electron chi connectivity index (χ1n) is 6.49. The van der Waals surface area contributed by atoms with Crippen LogP contribution in [0.25, 0.3) is 11.5 Å². The zero-order valence-electron chi connectivity index (χ0n) is 11.1. The number of nitrogens with two attached hydrogens (primary N) is 1. The standard InChI is InChI=1S/C14H13F2N3O2/c15-9-3-8(4-10(16)5-9)14-18-11-7-19(13(20)6-17)2-1-12(11)21-14/h3-5H,1-2,6-7,17H2. The monoisotopic (exact) mass is 293 g/mol. The lowest BCUT2D eigenvalue weighted by atomic mass is 10.1. The van der Waals surface area contributed by atoms with Crippen molar-refractivity contribution in [1.82, 2.24) is 9.88 Å². The lowest BCUT2D eigenvalue weighted by Gasteiger charge is -2.24. The number of fused-ring (bicyclic) bond motifs is 1. The van der Waals surface area contributed by atoms with Gasteiger partial charge in [-0.05, 0) is 12.1 Å². The second-order valence-electron chi connectivity index (χ2n) is 4.82. The number of halogens is 2. The highest BCUT2D eigenvalue weighted by Gasteiger charge is 2.25. The van der Waals surface area contributed by atoms with Gasteiger partial charge in [0.25, 0.3) is 0 Å². The van der Waals surface area contributed by atoms with E-state index in [2.05, 4.69) is 4.98 Å². The highest BCUT2D eigenvalue weighted by Crippen LogP contribution is 2.27. The van der Waals surface area contributed by atoms with Crippen LogP contribution < -0.4 is 5.73 Å². The first-order chi connectivity index (χ1) is 10.1. The summed E-state index contributed by atoms with van der Waals surface area (Å²) in [4.78, 5) is 17.4. The fraction of sp³-hybridized carbons (Fsp3) is 0.286. The van der Waals surface area contributed by atoms with Crippen molar-refractivity contribution in [2.24, 2.45) is 5.73 Å².